The molecular weight excluding hydrogens is 214 g/mol. The number of hydrogen-bond acceptors (Lipinski definition) is 4. The highest BCUT2D eigenvalue weighted by molar-refractivity contribution is 5.85. The molecule has 1 heterocycles. The van der Waals surface area contributed by atoms with Crippen LogP contribution in [0.1, 0.15) is 5.56 Å². The van der Waals surface area contributed by atoms with Gasteiger partial charge in [0, 0.05) is 6.54 Å². The van der Waals surface area contributed by atoms with E-state index in [1.54, 1.807) is 0 Å². The Morgan fingerprint density at radius 2 is 2.00 bits per heavy atom. The average Bonchev–Trinajstić information content (AvgIpc) is 2.72. The van der Waals surface area contributed by atoms with E-state index in [2.05, 4.69) is 38.1 Å². The third-order valence-electron chi connectivity index (χ3n) is 1.89. The molecule has 2 rings (SSSR count). The zero-order chi connectivity index (χ0) is 9.64. The molecule has 0 radical (unpaired) electrons. The summed E-state index contributed by atoms with van der Waals surface area (Å²) in [5.74, 6) is 0.612. The van der Waals surface area contributed by atoms with Crippen molar-refractivity contribution in [2.75, 3.05) is 11.9 Å². The summed E-state index contributed by atoms with van der Waals surface area (Å²) < 4.78 is 0. The van der Waals surface area contributed by atoms with Crippen molar-refractivity contribution in [2.24, 2.45) is 0 Å². The summed E-state index contributed by atoms with van der Waals surface area (Å²) in [6.07, 6.45) is 0.960. The summed E-state index contributed by atoms with van der Waals surface area (Å²) in [5.41, 5.74) is 1.30. The van der Waals surface area contributed by atoms with Crippen molar-refractivity contribution in [3.05, 3.63) is 35.9 Å². The lowest BCUT2D eigenvalue weighted by molar-refractivity contribution is 0.881. The molecule has 2 N–H and O–H groups in total. The van der Waals surface area contributed by atoms with Gasteiger partial charge in [0.1, 0.15) is 0 Å². The number of anilines is 1. The molecule has 2 aromatic rings. The minimum absolute atomic E-state index is 0. The molecule has 0 atom stereocenters. The molecule has 0 saturated carbocycles. The number of rotatable bonds is 4. The molecule has 0 aliphatic heterocycles. The summed E-state index contributed by atoms with van der Waals surface area (Å²) in [5, 5.41) is 16.4. The maximum Gasteiger partial charge on any atom is 0.240 e. The van der Waals surface area contributed by atoms with Gasteiger partial charge in [0.25, 0.3) is 0 Å². The molecule has 0 fully saturated rings. The highest BCUT2D eigenvalue weighted by atomic mass is 35.5. The Hall–Kier alpha value is -1.62. The van der Waals surface area contributed by atoms with Crippen LogP contribution in [0.3, 0.4) is 0 Å². The number of tetrazole rings is 1. The zero-order valence-corrected chi connectivity index (χ0v) is 8.87. The van der Waals surface area contributed by atoms with E-state index >= 15 is 0 Å². The number of nitrogens with one attached hydrogen (secondary N) is 2. The molecule has 0 aliphatic carbocycles. The van der Waals surface area contributed by atoms with E-state index in [1.165, 1.54) is 5.56 Å². The molecule has 0 unspecified atom stereocenters. The molecule has 0 saturated heterocycles. The first-order chi connectivity index (χ1) is 6.95. The van der Waals surface area contributed by atoms with E-state index < -0.39 is 0 Å². The quantitative estimate of drug-likeness (QED) is 0.823. The first-order valence-corrected chi connectivity index (χ1v) is 4.47. The van der Waals surface area contributed by atoms with Crippen molar-refractivity contribution < 1.29 is 0 Å². The number of hydrogen-bond donors (Lipinski definition) is 2. The van der Waals surface area contributed by atoms with E-state index in [4.69, 9.17) is 0 Å². The normalized spacial score (nSPS) is 9.33. The molecule has 1 aromatic heterocycles. The lowest BCUT2D eigenvalue weighted by Gasteiger charge is -2.01. The Bertz CT molecular complexity index is 361. The molecule has 1 aromatic carbocycles. The van der Waals surface area contributed by atoms with E-state index in [0.29, 0.717) is 5.95 Å². The van der Waals surface area contributed by atoms with Crippen molar-refractivity contribution in [1.29, 1.82) is 0 Å². The van der Waals surface area contributed by atoms with Crippen LogP contribution in [-0.4, -0.2) is 27.2 Å². The molecule has 0 amide bonds. The summed E-state index contributed by atoms with van der Waals surface area (Å²) in [6, 6.07) is 10.3. The average molecular weight is 226 g/mol. The Labute approximate surface area is 93.7 Å². The molecular formula is C9H12ClN5. The second-order valence-corrected chi connectivity index (χ2v) is 2.91. The maximum absolute atomic E-state index is 3.72. The minimum atomic E-state index is 0. The van der Waals surface area contributed by atoms with Gasteiger partial charge in [-0.05, 0) is 22.4 Å². The number of H-pyrrole nitrogens is 1. The zero-order valence-electron chi connectivity index (χ0n) is 8.05. The fourth-order valence-electron chi connectivity index (χ4n) is 1.20. The maximum atomic E-state index is 3.72. The van der Waals surface area contributed by atoms with Crippen molar-refractivity contribution in [3.63, 3.8) is 0 Å². The molecule has 15 heavy (non-hydrogen) atoms. The summed E-state index contributed by atoms with van der Waals surface area (Å²) >= 11 is 0. The van der Waals surface area contributed by atoms with E-state index in [9.17, 15) is 0 Å². The van der Waals surface area contributed by atoms with Crippen LogP contribution in [-0.2, 0) is 6.42 Å². The van der Waals surface area contributed by atoms with E-state index in [0.717, 1.165) is 13.0 Å². The second-order valence-electron chi connectivity index (χ2n) is 2.91. The number of benzene rings is 1. The second kappa shape index (κ2) is 5.98. The molecule has 0 bridgehead atoms. The van der Waals surface area contributed by atoms with Crippen molar-refractivity contribution in [3.8, 4) is 0 Å². The summed E-state index contributed by atoms with van der Waals surface area (Å²) in [4.78, 5) is 0. The van der Waals surface area contributed by atoms with Crippen LogP contribution in [0.4, 0.5) is 5.95 Å². The van der Waals surface area contributed by atoms with Gasteiger partial charge in [-0.25, -0.2) is 5.10 Å². The minimum Gasteiger partial charge on any atom is -0.353 e. The first kappa shape index (κ1) is 11.5. The Morgan fingerprint density at radius 3 is 2.67 bits per heavy atom. The Balaban J connectivity index is 0.00000112. The Morgan fingerprint density at radius 1 is 1.20 bits per heavy atom. The molecule has 0 aliphatic rings. The predicted molar refractivity (Wildman–Crippen MR) is 60.1 cm³/mol. The van der Waals surface area contributed by atoms with Gasteiger partial charge >= 0.3 is 0 Å². The number of nitrogens with zero attached hydrogens (tertiary/aromatic N) is 3. The summed E-state index contributed by atoms with van der Waals surface area (Å²) in [7, 11) is 0. The van der Waals surface area contributed by atoms with Crippen LogP contribution in [0.25, 0.3) is 0 Å². The van der Waals surface area contributed by atoms with Crippen LogP contribution < -0.4 is 5.32 Å². The third kappa shape index (κ3) is 3.55. The van der Waals surface area contributed by atoms with Crippen LogP contribution in [0, 0.1) is 0 Å². The molecule has 5 nitrogen and oxygen atoms in total. The monoisotopic (exact) mass is 225 g/mol. The van der Waals surface area contributed by atoms with Gasteiger partial charge in [-0.3, -0.25) is 0 Å². The highest BCUT2D eigenvalue weighted by Crippen LogP contribution is 1.99. The van der Waals surface area contributed by atoms with Crippen molar-refractivity contribution in [1.82, 2.24) is 20.6 Å². The molecule has 0 spiro atoms. The van der Waals surface area contributed by atoms with Crippen molar-refractivity contribution in [2.45, 2.75) is 6.42 Å². The van der Waals surface area contributed by atoms with Gasteiger partial charge in [-0.1, -0.05) is 35.4 Å². The van der Waals surface area contributed by atoms with Gasteiger partial charge in [-0.2, -0.15) is 0 Å². The van der Waals surface area contributed by atoms with Gasteiger partial charge < -0.3 is 5.32 Å². The third-order valence-corrected chi connectivity index (χ3v) is 1.89. The van der Waals surface area contributed by atoms with Crippen LogP contribution >= 0.6 is 12.4 Å². The SMILES string of the molecule is Cl.c1ccc(CCNc2nnn[nH]2)cc1. The smallest absolute Gasteiger partial charge is 0.240 e. The lowest BCUT2D eigenvalue weighted by Crippen LogP contribution is -2.05. The van der Waals surface area contributed by atoms with Crippen LogP contribution in [0.2, 0.25) is 0 Å². The topological polar surface area (TPSA) is 66.5 Å². The fraction of sp³-hybridized carbons (Fsp3) is 0.222. The van der Waals surface area contributed by atoms with E-state index in [1.807, 2.05) is 18.2 Å². The molecule has 80 valence electrons. The largest absolute Gasteiger partial charge is 0.353 e. The fourth-order valence-corrected chi connectivity index (χ4v) is 1.20. The number of halogens is 1. The summed E-state index contributed by atoms with van der Waals surface area (Å²) in [6.45, 7) is 0.820. The van der Waals surface area contributed by atoms with E-state index in [-0.39, 0.29) is 12.4 Å². The van der Waals surface area contributed by atoms with Crippen LogP contribution in [0.15, 0.2) is 30.3 Å². The van der Waals surface area contributed by atoms with Gasteiger partial charge in [-0.15, -0.1) is 12.4 Å². The highest BCUT2D eigenvalue weighted by Gasteiger charge is 1.94. The Kier molecular flexibility index (Phi) is 4.56. The predicted octanol–water partition coefficient (Wildman–Crippen LogP) is 1.28. The van der Waals surface area contributed by atoms with Crippen LogP contribution in [0.5, 0.6) is 0 Å². The first-order valence-electron chi connectivity index (χ1n) is 4.47. The number of aromatic amines is 1. The standard InChI is InChI=1S/C9H11N5.ClH/c1-2-4-8(5-3-1)6-7-10-9-11-13-14-12-9;/h1-5H,6-7H2,(H2,10,11,12,13,14);1H. The van der Waals surface area contributed by atoms with Gasteiger partial charge in [0.15, 0.2) is 0 Å². The molecule has 6 heteroatoms. The van der Waals surface area contributed by atoms with Gasteiger partial charge in [0.2, 0.25) is 5.95 Å². The lowest BCUT2D eigenvalue weighted by atomic mass is 10.1. The van der Waals surface area contributed by atoms with Crippen molar-refractivity contribution >= 4 is 18.4 Å². The van der Waals surface area contributed by atoms with Gasteiger partial charge in [0.05, 0.1) is 0 Å². The number of aromatic nitrogens is 4.